The number of thiocarbonyl (C=S) groups is 1. The molecule has 98 valence electrons. The van der Waals surface area contributed by atoms with Gasteiger partial charge in [0.1, 0.15) is 5.82 Å². The summed E-state index contributed by atoms with van der Waals surface area (Å²) >= 11 is 5.05. The molecule has 5 nitrogen and oxygen atoms in total. The molecule has 1 aliphatic rings. The van der Waals surface area contributed by atoms with Gasteiger partial charge in [0.25, 0.3) is 0 Å². The number of rotatable bonds is 3. The highest BCUT2D eigenvalue weighted by Gasteiger charge is 2.39. The summed E-state index contributed by atoms with van der Waals surface area (Å²) in [6.07, 6.45) is 4.31. The number of hydrogen-bond donors (Lipinski definition) is 1. The second-order valence-electron chi connectivity index (χ2n) is 4.81. The van der Waals surface area contributed by atoms with Crippen LogP contribution >= 0.6 is 12.2 Å². The Kier molecular flexibility index (Phi) is 3.38. The van der Waals surface area contributed by atoms with Crippen LogP contribution < -0.4 is 5.73 Å². The lowest BCUT2D eigenvalue weighted by Crippen LogP contribution is -2.50. The zero-order valence-electron chi connectivity index (χ0n) is 10.7. The van der Waals surface area contributed by atoms with Crippen molar-refractivity contribution in [3.05, 3.63) is 18.2 Å². The van der Waals surface area contributed by atoms with E-state index in [0.29, 0.717) is 19.5 Å². The fraction of sp³-hybridized carbons (Fsp3) is 0.583. The molecule has 0 spiro atoms. The summed E-state index contributed by atoms with van der Waals surface area (Å²) in [5, 5.41) is 0. The molecule has 2 rings (SSSR count). The average Bonchev–Trinajstić information content (AvgIpc) is 2.83. The fourth-order valence-electron chi connectivity index (χ4n) is 2.13. The summed E-state index contributed by atoms with van der Waals surface area (Å²) in [5.41, 5.74) is 4.98. The van der Waals surface area contributed by atoms with Crippen molar-refractivity contribution in [2.45, 2.75) is 33.4 Å². The summed E-state index contributed by atoms with van der Waals surface area (Å²) in [6, 6.07) is 0. The van der Waals surface area contributed by atoms with Crippen molar-refractivity contribution in [3.8, 4) is 0 Å². The molecule has 6 heteroatoms. The molecule has 2 heterocycles. The molecule has 1 aromatic heterocycles. The lowest BCUT2D eigenvalue weighted by molar-refractivity contribution is -0.139. The standard InChI is InChI=1S/C12H18N4OS/c1-3-12(2,10(13)18)11(17)16-7-6-15-5-4-14-9(15)8-16/h4-5H,3,6-8H2,1-2H3,(H2,13,18). The van der Waals surface area contributed by atoms with Gasteiger partial charge in [-0.25, -0.2) is 4.98 Å². The van der Waals surface area contributed by atoms with E-state index in [1.54, 1.807) is 11.1 Å². The molecule has 1 atom stereocenters. The molecule has 0 aromatic carbocycles. The largest absolute Gasteiger partial charge is 0.392 e. The van der Waals surface area contributed by atoms with Gasteiger partial charge in [-0.1, -0.05) is 19.1 Å². The van der Waals surface area contributed by atoms with Gasteiger partial charge in [0.05, 0.1) is 16.9 Å². The van der Waals surface area contributed by atoms with Gasteiger partial charge in [-0.15, -0.1) is 0 Å². The predicted octanol–water partition coefficient (Wildman–Crippen LogP) is 0.928. The highest BCUT2D eigenvalue weighted by Crippen LogP contribution is 2.26. The topological polar surface area (TPSA) is 64.2 Å². The number of nitrogens with two attached hydrogens (primary N) is 1. The molecule has 0 radical (unpaired) electrons. The Hall–Kier alpha value is -1.43. The van der Waals surface area contributed by atoms with E-state index in [1.807, 2.05) is 20.0 Å². The number of carbonyl (C=O) groups excluding carboxylic acids is 1. The van der Waals surface area contributed by atoms with Crippen LogP contribution in [0, 0.1) is 5.41 Å². The molecule has 0 fully saturated rings. The van der Waals surface area contributed by atoms with Crippen LogP contribution in [0.2, 0.25) is 0 Å². The first-order valence-corrected chi connectivity index (χ1v) is 6.49. The zero-order valence-corrected chi connectivity index (χ0v) is 11.5. The van der Waals surface area contributed by atoms with E-state index in [9.17, 15) is 4.79 Å². The van der Waals surface area contributed by atoms with Crippen LogP contribution in [0.1, 0.15) is 26.1 Å². The van der Waals surface area contributed by atoms with Crippen LogP contribution in [0.25, 0.3) is 0 Å². The highest BCUT2D eigenvalue weighted by atomic mass is 32.1. The monoisotopic (exact) mass is 266 g/mol. The van der Waals surface area contributed by atoms with Crippen molar-refractivity contribution in [1.29, 1.82) is 0 Å². The number of aromatic nitrogens is 2. The highest BCUT2D eigenvalue weighted by molar-refractivity contribution is 7.80. The number of fused-ring (bicyclic) bond motifs is 1. The summed E-state index contributed by atoms with van der Waals surface area (Å²) in [6.45, 7) is 5.74. The molecule has 18 heavy (non-hydrogen) atoms. The number of imidazole rings is 1. The maximum Gasteiger partial charge on any atom is 0.235 e. The van der Waals surface area contributed by atoms with E-state index in [4.69, 9.17) is 18.0 Å². The zero-order chi connectivity index (χ0) is 13.3. The van der Waals surface area contributed by atoms with E-state index in [2.05, 4.69) is 9.55 Å². The van der Waals surface area contributed by atoms with Crippen LogP contribution in [-0.2, 0) is 17.9 Å². The molecule has 1 aromatic rings. The van der Waals surface area contributed by atoms with Crippen LogP contribution in [0.3, 0.4) is 0 Å². The number of carbonyl (C=O) groups is 1. The quantitative estimate of drug-likeness (QED) is 0.827. The third kappa shape index (κ3) is 2.01. The van der Waals surface area contributed by atoms with Crippen LogP contribution in [0.4, 0.5) is 0 Å². The molecule has 0 bridgehead atoms. The Balaban J connectivity index is 2.19. The van der Waals surface area contributed by atoms with Crippen molar-refractivity contribution in [2.75, 3.05) is 6.54 Å². The van der Waals surface area contributed by atoms with Crippen LogP contribution in [0.5, 0.6) is 0 Å². The van der Waals surface area contributed by atoms with E-state index >= 15 is 0 Å². The molecular weight excluding hydrogens is 248 g/mol. The molecule has 0 saturated heterocycles. The second kappa shape index (κ2) is 4.68. The first kappa shape index (κ1) is 13.0. The molecule has 1 amide bonds. The lowest BCUT2D eigenvalue weighted by atomic mass is 9.85. The van der Waals surface area contributed by atoms with E-state index in [1.165, 1.54) is 0 Å². The molecular formula is C12H18N4OS. The molecule has 1 aliphatic heterocycles. The lowest BCUT2D eigenvalue weighted by Gasteiger charge is -2.35. The van der Waals surface area contributed by atoms with Gasteiger partial charge in [0.2, 0.25) is 5.91 Å². The summed E-state index contributed by atoms with van der Waals surface area (Å²) in [7, 11) is 0. The molecule has 0 saturated carbocycles. The summed E-state index contributed by atoms with van der Waals surface area (Å²) in [5.74, 6) is 0.919. The first-order chi connectivity index (χ1) is 8.49. The summed E-state index contributed by atoms with van der Waals surface area (Å²) < 4.78 is 2.06. The fourth-order valence-corrected chi connectivity index (χ4v) is 2.36. The maximum atomic E-state index is 12.5. The molecule has 1 unspecified atom stereocenters. The minimum Gasteiger partial charge on any atom is -0.392 e. The Morgan fingerprint density at radius 3 is 2.94 bits per heavy atom. The van der Waals surface area contributed by atoms with E-state index in [0.717, 1.165) is 12.4 Å². The smallest absolute Gasteiger partial charge is 0.235 e. The van der Waals surface area contributed by atoms with Gasteiger partial charge in [-0.3, -0.25) is 4.79 Å². The Morgan fingerprint density at radius 2 is 2.33 bits per heavy atom. The number of hydrogen-bond acceptors (Lipinski definition) is 3. The predicted molar refractivity (Wildman–Crippen MR) is 72.8 cm³/mol. The van der Waals surface area contributed by atoms with E-state index in [-0.39, 0.29) is 10.9 Å². The second-order valence-corrected chi connectivity index (χ2v) is 5.25. The van der Waals surface area contributed by atoms with Gasteiger partial charge in [0, 0.05) is 25.5 Å². The minimum atomic E-state index is -0.746. The van der Waals surface area contributed by atoms with Gasteiger partial charge >= 0.3 is 0 Å². The average molecular weight is 266 g/mol. The normalized spacial score (nSPS) is 18.0. The van der Waals surface area contributed by atoms with Gasteiger partial charge in [-0.05, 0) is 13.3 Å². The Labute approximate surface area is 112 Å². The SMILES string of the molecule is CCC(C)(C(=O)N1CCn2ccnc2C1)C(N)=S. The van der Waals surface area contributed by atoms with Crippen molar-refractivity contribution < 1.29 is 4.79 Å². The number of nitrogens with zero attached hydrogens (tertiary/aromatic N) is 3. The van der Waals surface area contributed by atoms with Crippen molar-refractivity contribution in [3.63, 3.8) is 0 Å². The summed E-state index contributed by atoms with van der Waals surface area (Å²) in [4.78, 5) is 18.9. The Bertz CT molecular complexity index is 484. The van der Waals surface area contributed by atoms with Gasteiger partial charge < -0.3 is 15.2 Å². The van der Waals surface area contributed by atoms with Crippen molar-refractivity contribution >= 4 is 23.1 Å². The van der Waals surface area contributed by atoms with Crippen LogP contribution in [0.15, 0.2) is 12.4 Å². The first-order valence-electron chi connectivity index (χ1n) is 6.08. The third-order valence-corrected chi connectivity index (χ3v) is 4.21. The third-order valence-electron chi connectivity index (χ3n) is 3.75. The molecule has 0 aliphatic carbocycles. The van der Waals surface area contributed by atoms with Crippen molar-refractivity contribution in [2.24, 2.45) is 11.1 Å². The minimum absolute atomic E-state index is 0.00625. The van der Waals surface area contributed by atoms with Crippen LogP contribution in [-0.4, -0.2) is 31.9 Å². The maximum absolute atomic E-state index is 12.5. The Morgan fingerprint density at radius 1 is 1.61 bits per heavy atom. The van der Waals surface area contributed by atoms with Crippen molar-refractivity contribution in [1.82, 2.24) is 14.5 Å². The number of amides is 1. The van der Waals surface area contributed by atoms with E-state index < -0.39 is 5.41 Å². The molecule has 2 N–H and O–H groups in total. The van der Waals surface area contributed by atoms with Gasteiger partial charge in [-0.2, -0.15) is 0 Å². The van der Waals surface area contributed by atoms with Gasteiger partial charge in [0.15, 0.2) is 0 Å².